The second-order valence-electron chi connectivity index (χ2n) is 7.23. The van der Waals surface area contributed by atoms with Crippen LogP contribution >= 0.6 is 0 Å². The van der Waals surface area contributed by atoms with Crippen LogP contribution in [-0.2, 0) is 9.59 Å². The third-order valence-electron chi connectivity index (χ3n) is 4.52. The van der Waals surface area contributed by atoms with Crippen LogP contribution in [0.15, 0.2) is 12.3 Å². The summed E-state index contributed by atoms with van der Waals surface area (Å²) < 4.78 is 0. The Bertz CT molecular complexity index is 388. The number of hydrogen-bond donors (Lipinski definition) is 2. The van der Waals surface area contributed by atoms with Crippen molar-refractivity contribution in [2.45, 2.75) is 78.2 Å². The zero-order chi connectivity index (χ0) is 18.6. The van der Waals surface area contributed by atoms with E-state index in [1.165, 1.54) is 0 Å². The molecule has 3 N–H and O–H groups in total. The molecule has 0 aromatic carbocycles. The number of unbranched alkanes of at least 4 members (excludes halogenated alkanes) is 1. The summed E-state index contributed by atoms with van der Waals surface area (Å²) in [5.74, 6) is 0.355. The quantitative estimate of drug-likeness (QED) is 0.633. The largest absolute Gasteiger partial charge is 0.402 e. The molecule has 24 heavy (non-hydrogen) atoms. The molecule has 0 aromatic heterocycles. The standard InChI is InChI=1S/C13H24N2O.C6H13NO/c1-3-4-7-12(10-11(2)14)13(16)15-8-5-6-9-15;1-4-6(2,3)7-5-8/h12H,2-10,14H2,1H3;5H,4H2,1-3H3,(H,7,8). The molecule has 1 atom stereocenters. The molecule has 1 aliphatic heterocycles. The molecule has 1 rings (SSSR count). The minimum Gasteiger partial charge on any atom is -0.402 e. The van der Waals surface area contributed by atoms with Crippen molar-refractivity contribution < 1.29 is 9.59 Å². The van der Waals surface area contributed by atoms with Gasteiger partial charge in [-0.3, -0.25) is 9.59 Å². The van der Waals surface area contributed by atoms with Crippen molar-refractivity contribution in [2.24, 2.45) is 11.7 Å². The van der Waals surface area contributed by atoms with Crippen LogP contribution in [0.2, 0.25) is 0 Å². The Labute approximate surface area is 148 Å². The number of allylic oxidation sites excluding steroid dienone is 1. The monoisotopic (exact) mass is 339 g/mol. The minimum atomic E-state index is -0.0260. The van der Waals surface area contributed by atoms with Crippen LogP contribution in [0.4, 0.5) is 0 Å². The zero-order valence-electron chi connectivity index (χ0n) is 16.1. The first-order valence-corrected chi connectivity index (χ1v) is 9.20. The predicted molar refractivity (Wildman–Crippen MR) is 100 cm³/mol. The molecular formula is C19H37N3O2. The summed E-state index contributed by atoms with van der Waals surface area (Å²) in [4.78, 5) is 24.1. The number of nitrogens with one attached hydrogen (secondary N) is 1. The lowest BCUT2D eigenvalue weighted by atomic mass is 9.95. The molecule has 140 valence electrons. The topological polar surface area (TPSA) is 75.4 Å². The molecule has 0 bridgehead atoms. The number of likely N-dealkylation sites (tertiary alicyclic amines) is 1. The number of carbonyl (C=O) groups excluding carboxylic acids is 2. The minimum absolute atomic E-state index is 0.0260. The predicted octanol–water partition coefficient (Wildman–Crippen LogP) is 3.20. The fourth-order valence-electron chi connectivity index (χ4n) is 2.54. The lowest BCUT2D eigenvalue weighted by Gasteiger charge is -2.23. The van der Waals surface area contributed by atoms with E-state index in [0.29, 0.717) is 12.1 Å². The van der Waals surface area contributed by atoms with Gasteiger partial charge < -0.3 is 16.0 Å². The summed E-state index contributed by atoms with van der Waals surface area (Å²) in [6.45, 7) is 13.7. The number of carbonyl (C=O) groups is 2. The highest BCUT2D eigenvalue weighted by Crippen LogP contribution is 2.21. The normalized spacial score (nSPS) is 15.2. The molecule has 5 nitrogen and oxygen atoms in total. The summed E-state index contributed by atoms with van der Waals surface area (Å²) in [6, 6.07) is 0. The van der Waals surface area contributed by atoms with Crippen molar-refractivity contribution in [1.29, 1.82) is 0 Å². The van der Waals surface area contributed by atoms with E-state index in [-0.39, 0.29) is 17.4 Å². The first-order chi connectivity index (χ1) is 11.3. The molecule has 1 saturated heterocycles. The number of hydrogen-bond acceptors (Lipinski definition) is 3. The van der Waals surface area contributed by atoms with Gasteiger partial charge in [0.05, 0.1) is 0 Å². The highest BCUT2D eigenvalue weighted by molar-refractivity contribution is 5.79. The Balaban J connectivity index is 0.000000561. The van der Waals surface area contributed by atoms with Crippen molar-refractivity contribution in [3.63, 3.8) is 0 Å². The van der Waals surface area contributed by atoms with E-state index in [1.807, 2.05) is 25.7 Å². The zero-order valence-corrected chi connectivity index (χ0v) is 16.1. The van der Waals surface area contributed by atoms with Gasteiger partial charge >= 0.3 is 0 Å². The first kappa shape index (κ1) is 22.5. The third kappa shape index (κ3) is 9.58. The molecule has 1 heterocycles. The van der Waals surface area contributed by atoms with Crippen molar-refractivity contribution in [1.82, 2.24) is 10.2 Å². The van der Waals surface area contributed by atoms with Gasteiger partial charge in [0.15, 0.2) is 0 Å². The molecule has 0 aromatic rings. The molecule has 0 saturated carbocycles. The smallest absolute Gasteiger partial charge is 0.226 e. The van der Waals surface area contributed by atoms with Crippen molar-refractivity contribution in [3.8, 4) is 0 Å². The highest BCUT2D eigenvalue weighted by Gasteiger charge is 2.25. The number of nitrogens with two attached hydrogens (primary N) is 1. The molecular weight excluding hydrogens is 302 g/mol. The average molecular weight is 340 g/mol. The summed E-state index contributed by atoms with van der Waals surface area (Å²) in [5.41, 5.74) is 6.24. The van der Waals surface area contributed by atoms with Crippen molar-refractivity contribution in [3.05, 3.63) is 12.3 Å². The maximum absolute atomic E-state index is 12.2. The number of amides is 2. The van der Waals surface area contributed by atoms with Crippen LogP contribution in [0.5, 0.6) is 0 Å². The van der Waals surface area contributed by atoms with Gasteiger partial charge in [0.2, 0.25) is 12.3 Å². The summed E-state index contributed by atoms with van der Waals surface area (Å²) in [7, 11) is 0. The summed E-state index contributed by atoms with van der Waals surface area (Å²) in [5, 5.41) is 2.69. The Kier molecular flexibility index (Phi) is 11.2. The van der Waals surface area contributed by atoms with Crippen molar-refractivity contribution >= 4 is 12.3 Å². The molecule has 2 amide bonds. The highest BCUT2D eigenvalue weighted by atomic mass is 16.2. The molecule has 0 radical (unpaired) electrons. The third-order valence-corrected chi connectivity index (χ3v) is 4.52. The van der Waals surface area contributed by atoms with Gasteiger partial charge in [-0.25, -0.2) is 0 Å². The van der Waals surface area contributed by atoms with E-state index in [4.69, 9.17) is 5.73 Å². The van der Waals surface area contributed by atoms with E-state index >= 15 is 0 Å². The maximum atomic E-state index is 12.2. The van der Waals surface area contributed by atoms with E-state index in [9.17, 15) is 9.59 Å². The Morgan fingerprint density at radius 2 is 1.92 bits per heavy atom. The van der Waals surface area contributed by atoms with Crippen molar-refractivity contribution in [2.75, 3.05) is 13.1 Å². The Morgan fingerprint density at radius 3 is 2.29 bits per heavy atom. The summed E-state index contributed by atoms with van der Waals surface area (Å²) >= 11 is 0. The van der Waals surface area contributed by atoms with Crippen LogP contribution in [0.25, 0.3) is 0 Å². The molecule has 1 unspecified atom stereocenters. The number of nitrogens with zero attached hydrogens (tertiary/aromatic N) is 1. The molecule has 0 aliphatic carbocycles. The van der Waals surface area contributed by atoms with E-state index in [2.05, 4.69) is 18.8 Å². The number of rotatable bonds is 9. The second-order valence-corrected chi connectivity index (χ2v) is 7.23. The van der Waals surface area contributed by atoms with Gasteiger partial charge in [-0.1, -0.05) is 33.3 Å². The van der Waals surface area contributed by atoms with E-state index < -0.39 is 0 Å². The first-order valence-electron chi connectivity index (χ1n) is 9.20. The Hall–Kier alpha value is -1.52. The van der Waals surface area contributed by atoms with Crippen LogP contribution < -0.4 is 11.1 Å². The van der Waals surface area contributed by atoms with Crippen LogP contribution in [-0.4, -0.2) is 35.8 Å². The van der Waals surface area contributed by atoms with Crippen LogP contribution in [0.1, 0.15) is 72.6 Å². The van der Waals surface area contributed by atoms with E-state index in [1.54, 1.807) is 0 Å². The van der Waals surface area contributed by atoms with Gasteiger partial charge in [-0.2, -0.15) is 0 Å². The Morgan fingerprint density at radius 1 is 1.33 bits per heavy atom. The molecule has 0 spiro atoms. The maximum Gasteiger partial charge on any atom is 0.226 e. The average Bonchev–Trinajstić information content (AvgIpc) is 3.05. The van der Waals surface area contributed by atoms with Gasteiger partial charge in [0.1, 0.15) is 0 Å². The fraction of sp³-hybridized carbons (Fsp3) is 0.789. The second kappa shape index (κ2) is 11.9. The van der Waals surface area contributed by atoms with Gasteiger partial charge in [-0.05, 0) is 46.0 Å². The lowest BCUT2D eigenvalue weighted by Crippen LogP contribution is -2.37. The summed E-state index contributed by atoms with van der Waals surface area (Å²) in [6.07, 6.45) is 7.82. The van der Waals surface area contributed by atoms with Gasteiger partial charge in [0.25, 0.3) is 0 Å². The fourth-order valence-corrected chi connectivity index (χ4v) is 2.54. The molecule has 1 fully saturated rings. The van der Waals surface area contributed by atoms with Crippen LogP contribution in [0, 0.1) is 5.92 Å². The van der Waals surface area contributed by atoms with E-state index in [0.717, 1.165) is 58.0 Å². The van der Waals surface area contributed by atoms with Crippen LogP contribution in [0.3, 0.4) is 0 Å². The SMILES string of the molecule is C=C(N)CC(CCCC)C(=O)N1CCCC1.CCC(C)(C)NC=O. The van der Waals surface area contributed by atoms with Gasteiger partial charge in [0, 0.05) is 30.2 Å². The molecule has 5 heteroatoms. The molecule has 1 aliphatic rings. The van der Waals surface area contributed by atoms with Gasteiger partial charge in [-0.15, -0.1) is 0 Å². The lowest BCUT2D eigenvalue weighted by molar-refractivity contribution is -0.134.